The number of rotatable bonds is 3. The van der Waals surface area contributed by atoms with E-state index >= 15 is 0 Å². The maximum atomic E-state index is 12.8. The average Bonchev–Trinajstić information content (AvgIpc) is 3.18. The van der Waals surface area contributed by atoms with E-state index in [1.165, 1.54) is 11.4 Å². The molecule has 3 fully saturated rings. The minimum absolute atomic E-state index is 0.0541. The molecule has 1 aliphatic carbocycles. The Hall–Kier alpha value is -1.17. The molecule has 7 nitrogen and oxygen atoms in total. The summed E-state index contributed by atoms with van der Waals surface area (Å²) >= 11 is 0. The lowest BCUT2D eigenvalue weighted by Crippen LogP contribution is -2.58. The average molecular weight is 408 g/mol. The molecule has 2 saturated heterocycles. The smallest absolute Gasteiger partial charge is 0.379 e. The van der Waals surface area contributed by atoms with E-state index in [0.717, 1.165) is 50.2 Å². The molecule has 27 heavy (non-hydrogen) atoms. The molecule has 0 N–H and O–H groups in total. The van der Waals surface area contributed by atoms with Crippen molar-refractivity contribution in [1.82, 2.24) is 19.0 Å². The van der Waals surface area contributed by atoms with Gasteiger partial charge in [0.15, 0.2) is 10.7 Å². The van der Waals surface area contributed by atoms with Crippen LogP contribution in [0.25, 0.3) is 0 Å². The first kappa shape index (κ1) is 19.2. The lowest BCUT2D eigenvalue weighted by molar-refractivity contribution is -0.141. The molecule has 152 valence electrons. The fourth-order valence-corrected chi connectivity index (χ4v) is 6.34. The third kappa shape index (κ3) is 3.39. The Labute approximate surface area is 156 Å². The van der Waals surface area contributed by atoms with Gasteiger partial charge in [-0.05, 0) is 24.7 Å². The van der Waals surface area contributed by atoms with Crippen molar-refractivity contribution in [3.05, 3.63) is 11.8 Å². The molecule has 1 aromatic heterocycles. The van der Waals surface area contributed by atoms with Gasteiger partial charge in [-0.15, -0.1) is 0 Å². The van der Waals surface area contributed by atoms with Crippen LogP contribution >= 0.6 is 0 Å². The second-order valence-corrected chi connectivity index (χ2v) is 9.69. The molecule has 0 aromatic carbocycles. The number of hydrogen-bond acceptors (Lipinski definition) is 5. The highest BCUT2D eigenvalue weighted by molar-refractivity contribution is 7.89. The topological polar surface area (TPSA) is 67.7 Å². The molecule has 2 aliphatic heterocycles. The first-order chi connectivity index (χ1) is 12.6. The van der Waals surface area contributed by atoms with Crippen LogP contribution in [-0.4, -0.2) is 72.8 Å². The number of hydrogen-bond donors (Lipinski definition) is 0. The summed E-state index contributed by atoms with van der Waals surface area (Å²) in [5.74, 6) is 0. The Balaban J connectivity index is 1.44. The lowest BCUT2D eigenvalue weighted by Gasteiger charge is -2.47. The Kier molecular flexibility index (Phi) is 4.56. The third-order valence-electron chi connectivity index (χ3n) is 5.99. The van der Waals surface area contributed by atoms with Crippen molar-refractivity contribution in [2.24, 2.45) is 12.5 Å². The molecule has 0 amide bonds. The molecule has 0 bridgehead atoms. The fraction of sp³-hybridized carbons (Fsp3) is 0.812. The summed E-state index contributed by atoms with van der Waals surface area (Å²) in [5, 5.41) is 2.91. The highest BCUT2D eigenvalue weighted by Gasteiger charge is 2.53. The van der Waals surface area contributed by atoms with E-state index in [-0.39, 0.29) is 5.41 Å². The van der Waals surface area contributed by atoms with E-state index in [1.54, 1.807) is 0 Å². The zero-order valence-electron chi connectivity index (χ0n) is 15.1. The lowest BCUT2D eigenvalue weighted by atomic mass is 9.80. The minimum atomic E-state index is -4.67. The zero-order valence-corrected chi connectivity index (χ0v) is 15.9. The molecule has 1 saturated carbocycles. The van der Waals surface area contributed by atoms with E-state index in [0.29, 0.717) is 25.2 Å². The van der Waals surface area contributed by atoms with Crippen LogP contribution in [0.1, 0.15) is 25.0 Å². The number of aromatic nitrogens is 2. The second kappa shape index (κ2) is 6.43. The van der Waals surface area contributed by atoms with Gasteiger partial charge in [0.2, 0.25) is 0 Å². The molecule has 4 rings (SSSR count). The number of aryl methyl sites for hydroxylation is 1. The van der Waals surface area contributed by atoms with Gasteiger partial charge in [-0.25, -0.2) is 8.42 Å². The van der Waals surface area contributed by atoms with Gasteiger partial charge in [0, 0.05) is 45.3 Å². The monoisotopic (exact) mass is 408 g/mol. The minimum Gasteiger partial charge on any atom is -0.379 e. The van der Waals surface area contributed by atoms with Gasteiger partial charge < -0.3 is 4.74 Å². The number of morpholine rings is 1. The van der Waals surface area contributed by atoms with Crippen molar-refractivity contribution in [1.29, 1.82) is 0 Å². The van der Waals surface area contributed by atoms with Crippen LogP contribution in [0.15, 0.2) is 11.1 Å². The van der Waals surface area contributed by atoms with Crippen molar-refractivity contribution in [2.75, 3.05) is 39.4 Å². The third-order valence-corrected chi connectivity index (χ3v) is 7.84. The highest BCUT2D eigenvalue weighted by atomic mass is 32.2. The van der Waals surface area contributed by atoms with Gasteiger partial charge in [0.05, 0.1) is 13.2 Å². The van der Waals surface area contributed by atoms with Gasteiger partial charge in [-0.2, -0.15) is 22.6 Å². The molecule has 11 heteroatoms. The maximum Gasteiger partial charge on any atom is 0.435 e. The number of sulfonamides is 1. The first-order valence-electron chi connectivity index (χ1n) is 9.04. The standard InChI is InChI=1S/C16H23F3N4O3S/c1-21-14(8-13(20-21)16(17,18)19)27(24,25)23-10-15(11-23)3-2-12(9-15)22-4-6-26-7-5-22/h8,12H,2-7,9-11H2,1H3/t12-/m0/s1. The zero-order chi connectivity index (χ0) is 19.4. The Morgan fingerprint density at radius 2 is 1.93 bits per heavy atom. The highest BCUT2D eigenvalue weighted by Crippen LogP contribution is 2.48. The predicted octanol–water partition coefficient (Wildman–Crippen LogP) is 1.31. The van der Waals surface area contributed by atoms with Crippen molar-refractivity contribution < 1.29 is 26.3 Å². The fourth-order valence-electron chi connectivity index (χ4n) is 4.55. The number of halogens is 3. The molecule has 1 spiro atoms. The summed E-state index contributed by atoms with van der Waals surface area (Å²) in [4.78, 5) is 2.41. The first-order valence-corrected chi connectivity index (χ1v) is 10.5. The van der Waals surface area contributed by atoms with Crippen molar-refractivity contribution in [3.63, 3.8) is 0 Å². The number of ether oxygens (including phenoxy) is 1. The molecule has 1 aromatic rings. The largest absolute Gasteiger partial charge is 0.435 e. The van der Waals surface area contributed by atoms with E-state index < -0.39 is 26.9 Å². The van der Waals surface area contributed by atoms with Gasteiger partial charge >= 0.3 is 6.18 Å². The van der Waals surface area contributed by atoms with E-state index in [9.17, 15) is 21.6 Å². The van der Waals surface area contributed by atoms with E-state index in [1.807, 2.05) is 0 Å². The SMILES string of the molecule is Cn1nc(C(F)(F)F)cc1S(=O)(=O)N1CC2(CC[C@H](N3CCOCC3)C2)C1. The van der Waals surface area contributed by atoms with Crippen LogP contribution in [0, 0.1) is 5.41 Å². The Morgan fingerprint density at radius 3 is 2.52 bits per heavy atom. The summed E-state index contributed by atoms with van der Waals surface area (Å²) in [6.45, 7) is 3.99. The van der Waals surface area contributed by atoms with Crippen LogP contribution < -0.4 is 0 Å². The maximum absolute atomic E-state index is 12.8. The summed E-state index contributed by atoms with van der Waals surface area (Å²) < 4.78 is 71.5. The number of nitrogens with zero attached hydrogens (tertiary/aromatic N) is 4. The summed E-state index contributed by atoms with van der Waals surface area (Å²) in [7, 11) is -2.75. The molecule has 0 unspecified atom stereocenters. The molecule has 0 radical (unpaired) electrons. The van der Waals surface area contributed by atoms with Gasteiger partial charge in [-0.1, -0.05) is 0 Å². The van der Waals surface area contributed by atoms with Crippen LogP contribution in [0.4, 0.5) is 13.2 Å². The van der Waals surface area contributed by atoms with Gasteiger partial charge in [0.25, 0.3) is 10.0 Å². The predicted molar refractivity (Wildman–Crippen MR) is 89.4 cm³/mol. The quantitative estimate of drug-likeness (QED) is 0.755. The normalized spacial score (nSPS) is 27.2. The molecule has 3 aliphatic rings. The van der Waals surface area contributed by atoms with E-state index in [2.05, 4.69) is 10.00 Å². The van der Waals surface area contributed by atoms with E-state index in [4.69, 9.17) is 4.74 Å². The molecular formula is C16H23F3N4O3S. The molecule has 1 atom stereocenters. The van der Waals surface area contributed by atoms with Crippen LogP contribution in [0.5, 0.6) is 0 Å². The van der Waals surface area contributed by atoms with Crippen LogP contribution in [-0.2, 0) is 28.0 Å². The van der Waals surface area contributed by atoms with Crippen molar-refractivity contribution in [3.8, 4) is 0 Å². The van der Waals surface area contributed by atoms with Gasteiger partial charge in [-0.3, -0.25) is 9.58 Å². The van der Waals surface area contributed by atoms with Gasteiger partial charge in [0.1, 0.15) is 0 Å². The number of alkyl halides is 3. The Bertz CT molecular complexity index is 811. The molecular weight excluding hydrogens is 385 g/mol. The summed E-state index contributed by atoms with van der Waals surface area (Å²) in [6, 6.07) is 1.05. The summed E-state index contributed by atoms with van der Waals surface area (Å²) in [6.07, 6.45) is -1.77. The van der Waals surface area contributed by atoms with Crippen molar-refractivity contribution in [2.45, 2.75) is 36.5 Å². The Morgan fingerprint density at radius 1 is 1.26 bits per heavy atom. The summed E-state index contributed by atoms with van der Waals surface area (Å²) in [5.41, 5.74) is -1.24. The van der Waals surface area contributed by atoms with Crippen LogP contribution in [0.2, 0.25) is 0 Å². The van der Waals surface area contributed by atoms with Crippen LogP contribution in [0.3, 0.4) is 0 Å². The second-order valence-electron chi connectivity index (χ2n) is 7.81. The molecule has 3 heterocycles. The van der Waals surface area contributed by atoms with Crippen molar-refractivity contribution >= 4 is 10.0 Å².